The molecule has 3 aromatic heterocycles. The molecule has 5 aromatic carbocycles. The molecule has 0 saturated heterocycles. The molecule has 8 rings (SSSR count). The fraction of sp³-hybridized carbons (Fsp3) is 0.0909. The van der Waals surface area contributed by atoms with Crippen LogP contribution in [-0.2, 0) is 0 Å². The summed E-state index contributed by atoms with van der Waals surface area (Å²) in [6, 6.07) is 50.6. The fourth-order valence-corrected chi connectivity index (χ4v) is 6.38. The molecule has 4 nitrogen and oxygen atoms in total. The van der Waals surface area contributed by atoms with E-state index in [0.717, 1.165) is 72.6 Å². The summed E-state index contributed by atoms with van der Waals surface area (Å²) in [4.78, 5) is 20.2. The monoisotopic (exact) mass is 618 g/mol. The Morgan fingerprint density at radius 2 is 1.00 bits per heavy atom. The van der Waals surface area contributed by atoms with Gasteiger partial charge in [-0.05, 0) is 53.8 Å². The maximum atomic E-state index is 5.23. The molecule has 8 aromatic rings. The van der Waals surface area contributed by atoms with Crippen LogP contribution < -0.4 is 0 Å². The number of hydrogen-bond acceptors (Lipinski definition) is 4. The van der Waals surface area contributed by atoms with E-state index in [0.29, 0.717) is 11.7 Å². The van der Waals surface area contributed by atoms with Gasteiger partial charge in [-0.3, -0.25) is 4.98 Å². The number of rotatable bonds is 6. The molecular weight excluding hydrogens is 585 g/mol. The first-order valence-corrected chi connectivity index (χ1v) is 16.4. The minimum absolute atomic E-state index is 0.345. The third-order valence-corrected chi connectivity index (χ3v) is 8.93. The van der Waals surface area contributed by atoms with Crippen molar-refractivity contribution < 1.29 is 0 Å². The highest BCUT2D eigenvalue weighted by molar-refractivity contribution is 6.05. The third kappa shape index (κ3) is 5.62. The number of fused-ring (bicyclic) bond motifs is 3. The van der Waals surface area contributed by atoms with E-state index in [2.05, 4.69) is 123 Å². The van der Waals surface area contributed by atoms with E-state index in [9.17, 15) is 0 Å². The van der Waals surface area contributed by atoms with Crippen LogP contribution >= 0.6 is 0 Å². The Balaban J connectivity index is 1.18. The predicted molar refractivity (Wildman–Crippen MR) is 199 cm³/mol. The lowest BCUT2D eigenvalue weighted by Crippen LogP contribution is -1.97. The second kappa shape index (κ2) is 12.3. The molecule has 0 aliphatic heterocycles. The van der Waals surface area contributed by atoms with Crippen molar-refractivity contribution >= 4 is 21.8 Å². The van der Waals surface area contributed by atoms with Crippen LogP contribution in [0.4, 0.5) is 0 Å². The van der Waals surface area contributed by atoms with Gasteiger partial charge in [-0.15, -0.1) is 0 Å². The SMILES string of the molecule is Cc1ccc2ccc3c(C(C)C)cc(-c4cccc(-c5ccc(-c6nc(-c7ccccc7)cc(-c7ccccc7)n6)cc5)c4)nc3c2n1. The van der Waals surface area contributed by atoms with E-state index in [1.165, 1.54) is 10.9 Å². The number of pyridine rings is 2. The Bertz CT molecular complexity index is 2360. The second-order valence-corrected chi connectivity index (χ2v) is 12.6. The highest BCUT2D eigenvalue weighted by Gasteiger charge is 2.15. The lowest BCUT2D eigenvalue weighted by Gasteiger charge is -2.15. The predicted octanol–water partition coefficient (Wildman–Crippen LogP) is 11.3. The van der Waals surface area contributed by atoms with Crippen LogP contribution in [0, 0.1) is 6.92 Å². The minimum atomic E-state index is 0.345. The van der Waals surface area contributed by atoms with E-state index >= 15 is 0 Å². The van der Waals surface area contributed by atoms with E-state index in [1.54, 1.807) is 0 Å². The zero-order valence-electron chi connectivity index (χ0n) is 27.2. The largest absolute Gasteiger partial charge is 0.251 e. The molecule has 0 bridgehead atoms. The molecule has 3 heterocycles. The van der Waals surface area contributed by atoms with Crippen LogP contribution in [0.3, 0.4) is 0 Å². The summed E-state index contributed by atoms with van der Waals surface area (Å²) >= 11 is 0. The van der Waals surface area contributed by atoms with Crippen molar-refractivity contribution in [3.8, 4) is 56.3 Å². The highest BCUT2D eigenvalue weighted by Crippen LogP contribution is 2.35. The van der Waals surface area contributed by atoms with Crippen LogP contribution in [0.1, 0.15) is 31.0 Å². The molecule has 0 unspecified atom stereocenters. The first-order chi connectivity index (χ1) is 23.5. The summed E-state index contributed by atoms with van der Waals surface area (Å²) in [5.74, 6) is 1.05. The quantitative estimate of drug-likeness (QED) is 0.174. The van der Waals surface area contributed by atoms with Crippen LogP contribution in [-0.4, -0.2) is 19.9 Å². The average molecular weight is 619 g/mol. The van der Waals surface area contributed by atoms with Crippen molar-refractivity contribution in [1.82, 2.24) is 19.9 Å². The maximum absolute atomic E-state index is 5.23. The number of nitrogens with zero attached hydrogens (tertiary/aromatic N) is 4. The Hall–Kier alpha value is -6.00. The molecule has 0 amide bonds. The Morgan fingerprint density at radius 1 is 0.417 bits per heavy atom. The van der Waals surface area contributed by atoms with E-state index in [1.807, 2.05) is 43.3 Å². The molecule has 0 saturated carbocycles. The first kappa shape index (κ1) is 29.4. The van der Waals surface area contributed by atoms with Gasteiger partial charge in [-0.1, -0.05) is 135 Å². The Morgan fingerprint density at radius 3 is 1.67 bits per heavy atom. The maximum Gasteiger partial charge on any atom is 0.160 e. The van der Waals surface area contributed by atoms with E-state index in [-0.39, 0.29) is 0 Å². The highest BCUT2D eigenvalue weighted by atomic mass is 14.9. The molecule has 0 aliphatic rings. The van der Waals surface area contributed by atoms with Gasteiger partial charge in [0.2, 0.25) is 0 Å². The summed E-state index contributed by atoms with van der Waals surface area (Å²) in [5, 5.41) is 2.27. The summed E-state index contributed by atoms with van der Waals surface area (Å²) in [6.45, 7) is 6.52. The zero-order valence-corrected chi connectivity index (χ0v) is 27.2. The molecule has 230 valence electrons. The number of aromatic nitrogens is 4. The summed E-state index contributed by atoms with van der Waals surface area (Å²) in [5.41, 5.74) is 13.4. The van der Waals surface area contributed by atoms with Crippen LogP contribution in [0.25, 0.3) is 78.1 Å². The molecular formula is C44H34N4. The number of benzene rings is 5. The first-order valence-electron chi connectivity index (χ1n) is 16.4. The van der Waals surface area contributed by atoms with Gasteiger partial charge in [0.15, 0.2) is 5.82 Å². The van der Waals surface area contributed by atoms with Crippen molar-refractivity contribution in [2.24, 2.45) is 0 Å². The van der Waals surface area contributed by atoms with Crippen LogP contribution in [0.5, 0.6) is 0 Å². The molecule has 0 aliphatic carbocycles. The zero-order chi connectivity index (χ0) is 32.6. The van der Waals surface area contributed by atoms with Gasteiger partial charge in [0.05, 0.1) is 28.1 Å². The minimum Gasteiger partial charge on any atom is -0.251 e. The smallest absolute Gasteiger partial charge is 0.160 e. The standard InChI is InChI=1S/C44H34N4/c1-28(2)38-26-39(46-43-37(38)24-23-33-18-17-29(3)45-42(33)43)36-16-10-15-35(25-36)30-19-21-34(22-20-30)44-47-40(31-11-6-4-7-12-31)27-41(48-44)32-13-8-5-9-14-32/h4-28H,1-3H3. The summed E-state index contributed by atoms with van der Waals surface area (Å²) in [7, 11) is 0. The van der Waals surface area contributed by atoms with Gasteiger partial charge >= 0.3 is 0 Å². The van der Waals surface area contributed by atoms with Gasteiger partial charge in [-0.25, -0.2) is 15.0 Å². The van der Waals surface area contributed by atoms with Crippen molar-refractivity contribution in [1.29, 1.82) is 0 Å². The third-order valence-electron chi connectivity index (χ3n) is 8.93. The summed E-state index contributed by atoms with van der Waals surface area (Å²) in [6.07, 6.45) is 0. The van der Waals surface area contributed by atoms with Gasteiger partial charge in [0, 0.05) is 38.7 Å². The number of hydrogen-bond donors (Lipinski definition) is 0. The van der Waals surface area contributed by atoms with Crippen molar-refractivity contribution in [2.75, 3.05) is 0 Å². The Labute approximate surface area is 280 Å². The van der Waals surface area contributed by atoms with E-state index < -0.39 is 0 Å². The molecule has 0 atom stereocenters. The second-order valence-electron chi connectivity index (χ2n) is 12.6. The molecule has 4 heteroatoms. The normalized spacial score (nSPS) is 11.4. The van der Waals surface area contributed by atoms with Crippen molar-refractivity contribution in [3.05, 3.63) is 157 Å². The summed E-state index contributed by atoms with van der Waals surface area (Å²) < 4.78 is 0. The number of aryl methyl sites for hydroxylation is 1. The molecule has 0 fully saturated rings. The van der Waals surface area contributed by atoms with E-state index in [4.69, 9.17) is 19.9 Å². The van der Waals surface area contributed by atoms with Crippen molar-refractivity contribution in [3.63, 3.8) is 0 Å². The van der Waals surface area contributed by atoms with Gasteiger partial charge in [-0.2, -0.15) is 0 Å². The van der Waals surface area contributed by atoms with Gasteiger partial charge < -0.3 is 0 Å². The lowest BCUT2D eigenvalue weighted by molar-refractivity contribution is 0.875. The topological polar surface area (TPSA) is 51.6 Å². The molecule has 48 heavy (non-hydrogen) atoms. The van der Waals surface area contributed by atoms with Crippen molar-refractivity contribution in [2.45, 2.75) is 26.7 Å². The fourth-order valence-electron chi connectivity index (χ4n) is 6.38. The Kier molecular flexibility index (Phi) is 7.54. The average Bonchev–Trinajstić information content (AvgIpc) is 3.15. The van der Waals surface area contributed by atoms with Crippen LogP contribution in [0.2, 0.25) is 0 Å². The molecule has 0 N–H and O–H groups in total. The van der Waals surface area contributed by atoms with Gasteiger partial charge in [0.1, 0.15) is 0 Å². The molecule has 0 spiro atoms. The van der Waals surface area contributed by atoms with Gasteiger partial charge in [0.25, 0.3) is 0 Å². The van der Waals surface area contributed by atoms with Crippen LogP contribution in [0.15, 0.2) is 146 Å². The lowest BCUT2D eigenvalue weighted by atomic mass is 9.94. The molecule has 0 radical (unpaired) electrons.